The third kappa shape index (κ3) is 6.97. The summed E-state index contributed by atoms with van der Waals surface area (Å²) >= 11 is 0. The molecular formula is C21H30N4O6. The highest BCUT2D eigenvalue weighted by Crippen LogP contribution is 2.29. The number of benzene rings is 1. The number of esters is 1. The van der Waals surface area contributed by atoms with Gasteiger partial charge in [0.15, 0.2) is 0 Å². The SMILES string of the molecule is CCOC(=O)C1=C(CN(C)CC(=O)NCCOC)NC(=O)N[C@@H]1c1ccc(OC)cc1. The van der Waals surface area contributed by atoms with E-state index in [9.17, 15) is 14.4 Å². The predicted molar refractivity (Wildman–Crippen MR) is 113 cm³/mol. The first-order valence-electron chi connectivity index (χ1n) is 9.95. The van der Waals surface area contributed by atoms with Gasteiger partial charge in [0.2, 0.25) is 5.91 Å². The molecule has 0 unspecified atom stereocenters. The maximum atomic E-state index is 12.8. The molecule has 1 aliphatic rings. The van der Waals surface area contributed by atoms with Gasteiger partial charge in [-0.1, -0.05) is 12.1 Å². The van der Waals surface area contributed by atoms with E-state index in [2.05, 4.69) is 16.0 Å². The topological polar surface area (TPSA) is 118 Å². The van der Waals surface area contributed by atoms with Crippen LogP contribution in [-0.4, -0.2) is 76.9 Å². The second-order valence-electron chi connectivity index (χ2n) is 6.93. The van der Waals surface area contributed by atoms with Gasteiger partial charge in [-0.25, -0.2) is 9.59 Å². The van der Waals surface area contributed by atoms with Crippen molar-refractivity contribution in [2.24, 2.45) is 0 Å². The van der Waals surface area contributed by atoms with Crippen LogP contribution in [0.15, 0.2) is 35.5 Å². The van der Waals surface area contributed by atoms with Crippen molar-refractivity contribution in [3.63, 3.8) is 0 Å². The minimum Gasteiger partial charge on any atom is -0.497 e. The summed E-state index contributed by atoms with van der Waals surface area (Å²) in [7, 11) is 4.84. The van der Waals surface area contributed by atoms with Crippen molar-refractivity contribution < 1.29 is 28.6 Å². The largest absolute Gasteiger partial charge is 0.497 e. The second kappa shape index (κ2) is 11.9. The first-order chi connectivity index (χ1) is 14.9. The predicted octanol–water partition coefficient (Wildman–Crippen LogP) is 0.561. The van der Waals surface area contributed by atoms with Gasteiger partial charge in [-0.3, -0.25) is 9.69 Å². The summed E-state index contributed by atoms with van der Waals surface area (Å²) in [5.74, 6) is -0.0707. The summed E-state index contributed by atoms with van der Waals surface area (Å²) in [6.45, 7) is 2.98. The Morgan fingerprint density at radius 2 is 1.90 bits per heavy atom. The van der Waals surface area contributed by atoms with Crippen LogP contribution >= 0.6 is 0 Å². The smallest absolute Gasteiger partial charge is 0.338 e. The van der Waals surface area contributed by atoms with Crippen LogP contribution in [0.1, 0.15) is 18.5 Å². The van der Waals surface area contributed by atoms with E-state index in [1.165, 1.54) is 0 Å². The highest BCUT2D eigenvalue weighted by molar-refractivity contribution is 5.95. The van der Waals surface area contributed by atoms with E-state index in [1.54, 1.807) is 57.4 Å². The van der Waals surface area contributed by atoms with Gasteiger partial charge in [-0.2, -0.15) is 0 Å². The Morgan fingerprint density at radius 3 is 2.52 bits per heavy atom. The Labute approximate surface area is 181 Å². The highest BCUT2D eigenvalue weighted by Gasteiger charge is 2.34. The molecule has 10 nitrogen and oxygen atoms in total. The number of carbonyl (C=O) groups excluding carboxylic acids is 3. The fourth-order valence-electron chi connectivity index (χ4n) is 3.16. The number of carbonyl (C=O) groups is 3. The molecule has 10 heteroatoms. The molecule has 1 atom stereocenters. The van der Waals surface area contributed by atoms with Crippen molar-refractivity contribution in [1.82, 2.24) is 20.9 Å². The van der Waals surface area contributed by atoms with E-state index in [1.807, 2.05) is 0 Å². The van der Waals surface area contributed by atoms with Gasteiger partial charge in [-0.15, -0.1) is 0 Å². The third-order valence-electron chi connectivity index (χ3n) is 4.57. The van der Waals surface area contributed by atoms with Gasteiger partial charge in [0.05, 0.1) is 38.5 Å². The molecule has 1 aromatic carbocycles. The van der Waals surface area contributed by atoms with E-state index in [0.29, 0.717) is 35.7 Å². The van der Waals surface area contributed by atoms with Crippen LogP contribution in [0.4, 0.5) is 4.79 Å². The van der Waals surface area contributed by atoms with Crippen molar-refractivity contribution in [2.45, 2.75) is 13.0 Å². The maximum absolute atomic E-state index is 12.8. The third-order valence-corrected chi connectivity index (χ3v) is 4.57. The number of urea groups is 1. The van der Waals surface area contributed by atoms with Crippen molar-refractivity contribution in [2.75, 3.05) is 54.1 Å². The lowest BCUT2D eigenvalue weighted by molar-refractivity contribution is -0.139. The lowest BCUT2D eigenvalue weighted by Crippen LogP contribution is -2.49. The molecule has 0 saturated carbocycles. The van der Waals surface area contributed by atoms with E-state index >= 15 is 0 Å². The first kappa shape index (κ1) is 24.2. The summed E-state index contributed by atoms with van der Waals surface area (Å²) in [6.07, 6.45) is 0. The zero-order valence-electron chi connectivity index (χ0n) is 18.3. The summed E-state index contributed by atoms with van der Waals surface area (Å²) in [6, 6.07) is 5.92. The van der Waals surface area contributed by atoms with E-state index < -0.39 is 18.0 Å². The molecule has 0 saturated heterocycles. The van der Waals surface area contributed by atoms with Gasteiger partial charge < -0.3 is 30.2 Å². The molecule has 0 bridgehead atoms. The fourth-order valence-corrected chi connectivity index (χ4v) is 3.16. The Hall–Kier alpha value is -3.11. The average Bonchev–Trinajstić information content (AvgIpc) is 2.73. The monoisotopic (exact) mass is 434 g/mol. The maximum Gasteiger partial charge on any atom is 0.338 e. The molecule has 31 heavy (non-hydrogen) atoms. The Kier molecular flexibility index (Phi) is 9.29. The molecule has 0 fully saturated rings. The number of nitrogens with one attached hydrogen (secondary N) is 3. The quantitative estimate of drug-likeness (QED) is 0.344. The molecule has 1 heterocycles. The standard InChI is InChI=1S/C21H30N4O6/c1-5-31-20(27)18-16(12-25(2)13-17(26)22-10-11-29-3)23-21(28)24-19(18)14-6-8-15(30-4)9-7-14/h6-9,19H,5,10-13H2,1-4H3,(H,22,26)(H2,23,24,28)/t19-/m1/s1. The molecule has 0 aromatic heterocycles. The zero-order valence-corrected chi connectivity index (χ0v) is 18.3. The van der Waals surface area contributed by atoms with Crippen molar-refractivity contribution >= 4 is 17.9 Å². The van der Waals surface area contributed by atoms with Crippen molar-refractivity contribution in [1.29, 1.82) is 0 Å². The number of nitrogens with zero attached hydrogens (tertiary/aromatic N) is 1. The molecule has 1 aliphatic heterocycles. The number of hydrogen-bond donors (Lipinski definition) is 3. The lowest BCUT2D eigenvalue weighted by atomic mass is 9.95. The summed E-state index contributed by atoms with van der Waals surface area (Å²) < 4.78 is 15.3. The summed E-state index contributed by atoms with van der Waals surface area (Å²) in [5.41, 5.74) is 1.38. The van der Waals surface area contributed by atoms with E-state index in [-0.39, 0.29) is 25.6 Å². The molecule has 1 aromatic rings. The number of hydrogen-bond acceptors (Lipinski definition) is 7. The molecular weight excluding hydrogens is 404 g/mol. The van der Waals surface area contributed by atoms with Crippen LogP contribution < -0.4 is 20.7 Å². The number of amides is 3. The lowest BCUT2D eigenvalue weighted by Gasteiger charge is -2.31. The molecule has 2 rings (SSSR count). The number of rotatable bonds is 11. The van der Waals surface area contributed by atoms with Crippen LogP contribution in [0.2, 0.25) is 0 Å². The molecule has 0 spiro atoms. The average molecular weight is 434 g/mol. The van der Waals surface area contributed by atoms with Gasteiger partial charge in [0, 0.05) is 25.9 Å². The summed E-state index contributed by atoms with van der Waals surface area (Å²) in [4.78, 5) is 38.9. The summed E-state index contributed by atoms with van der Waals surface area (Å²) in [5, 5.41) is 8.21. The number of methoxy groups -OCH3 is 2. The molecule has 170 valence electrons. The van der Waals surface area contributed by atoms with Crippen molar-refractivity contribution in [3.05, 3.63) is 41.1 Å². The highest BCUT2D eigenvalue weighted by atomic mass is 16.5. The van der Waals surface area contributed by atoms with Crippen LogP contribution in [0, 0.1) is 0 Å². The van der Waals surface area contributed by atoms with Crippen LogP contribution in [0.5, 0.6) is 5.75 Å². The molecule has 3 amide bonds. The Bertz CT molecular complexity index is 809. The number of likely N-dealkylation sites (N-methyl/N-ethyl adjacent to an activating group) is 1. The van der Waals surface area contributed by atoms with Crippen LogP contribution in [-0.2, 0) is 19.1 Å². The number of ether oxygens (including phenoxy) is 3. The van der Waals surface area contributed by atoms with Gasteiger partial charge in [0.1, 0.15) is 5.75 Å². The van der Waals surface area contributed by atoms with Crippen LogP contribution in [0.3, 0.4) is 0 Å². The second-order valence-corrected chi connectivity index (χ2v) is 6.93. The zero-order chi connectivity index (χ0) is 22.8. The molecule has 0 radical (unpaired) electrons. The van der Waals surface area contributed by atoms with Gasteiger partial charge in [0.25, 0.3) is 0 Å². The van der Waals surface area contributed by atoms with Gasteiger partial charge in [-0.05, 0) is 31.7 Å². The Morgan fingerprint density at radius 1 is 1.19 bits per heavy atom. The minimum absolute atomic E-state index is 0.0832. The normalized spacial score (nSPS) is 15.9. The van der Waals surface area contributed by atoms with Crippen LogP contribution in [0.25, 0.3) is 0 Å². The first-order valence-corrected chi connectivity index (χ1v) is 9.95. The van der Waals surface area contributed by atoms with Gasteiger partial charge >= 0.3 is 12.0 Å². The Balaban J connectivity index is 2.27. The van der Waals surface area contributed by atoms with Crippen molar-refractivity contribution in [3.8, 4) is 5.75 Å². The minimum atomic E-state index is -0.697. The molecule has 0 aliphatic carbocycles. The van der Waals surface area contributed by atoms with E-state index in [0.717, 1.165) is 0 Å². The van der Waals surface area contributed by atoms with E-state index in [4.69, 9.17) is 14.2 Å². The molecule has 3 N–H and O–H groups in total. The fraction of sp³-hybridized carbons (Fsp3) is 0.476.